The number of carbonyl (C=O) groups is 2. The number of halogens is 2. The minimum Gasteiger partial charge on any atom is -0.341 e. The fourth-order valence-corrected chi connectivity index (χ4v) is 3.93. The van der Waals surface area contributed by atoms with E-state index in [2.05, 4.69) is 0 Å². The van der Waals surface area contributed by atoms with Crippen molar-refractivity contribution in [3.05, 3.63) is 33.8 Å². The third kappa shape index (κ3) is 4.72. The van der Waals surface area contributed by atoms with Crippen molar-refractivity contribution in [2.24, 2.45) is 11.3 Å². The van der Waals surface area contributed by atoms with Crippen molar-refractivity contribution < 1.29 is 9.59 Å². The Morgan fingerprint density at radius 1 is 1.27 bits per heavy atom. The van der Waals surface area contributed by atoms with Gasteiger partial charge < -0.3 is 9.80 Å². The first-order valence-electron chi connectivity index (χ1n) is 9.03. The highest BCUT2D eigenvalue weighted by Gasteiger charge is 2.35. The van der Waals surface area contributed by atoms with Crippen LogP contribution in [0.5, 0.6) is 0 Å². The van der Waals surface area contributed by atoms with E-state index >= 15 is 0 Å². The molecule has 6 heteroatoms. The zero-order valence-corrected chi connectivity index (χ0v) is 17.7. The van der Waals surface area contributed by atoms with Gasteiger partial charge in [-0.15, -0.1) is 0 Å². The molecule has 0 spiro atoms. The average Bonchev–Trinajstić information content (AvgIpc) is 2.58. The summed E-state index contributed by atoms with van der Waals surface area (Å²) in [6, 6.07) is 5.16. The first-order chi connectivity index (χ1) is 12.0. The Labute approximate surface area is 166 Å². The van der Waals surface area contributed by atoms with Crippen molar-refractivity contribution in [1.29, 1.82) is 0 Å². The van der Waals surface area contributed by atoms with E-state index in [0.29, 0.717) is 16.6 Å². The Bertz CT molecular complexity index is 685. The molecule has 0 aromatic heterocycles. The van der Waals surface area contributed by atoms with Gasteiger partial charge in [0.2, 0.25) is 11.8 Å². The van der Waals surface area contributed by atoms with Crippen LogP contribution in [0, 0.1) is 11.3 Å². The maximum Gasteiger partial charge on any atom is 0.227 e. The van der Waals surface area contributed by atoms with Gasteiger partial charge in [0.15, 0.2) is 0 Å². The number of hydrogen-bond donors (Lipinski definition) is 0. The Kier molecular flexibility index (Phi) is 6.62. The van der Waals surface area contributed by atoms with Crippen molar-refractivity contribution in [2.45, 2.75) is 46.6 Å². The van der Waals surface area contributed by atoms with Crippen LogP contribution >= 0.6 is 23.2 Å². The zero-order valence-electron chi connectivity index (χ0n) is 16.2. The highest BCUT2D eigenvalue weighted by molar-refractivity contribution is 6.35. The molecule has 1 saturated heterocycles. The Hall–Kier alpha value is -1.26. The van der Waals surface area contributed by atoms with E-state index in [-0.39, 0.29) is 23.8 Å². The summed E-state index contributed by atoms with van der Waals surface area (Å²) in [4.78, 5) is 29.1. The molecular formula is C20H28Cl2N2O2. The number of amides is 2. The predicted molar refractivity (Wildman–Crippen MR) is 106 cm³/mol. The van der Waals surface area contributed by atoms with Crippen molar-refractivity contribution in [2.75, 3.05) is 20.1 Å². The van der Waals surface area contributed by atoms with Gasteiger partial charge in [0.05, 0.1) is 12.0 Å². The summed E-state index contributed by atoms with van der Waals surface area (Å²) < 4.78 is 0. The molecule has 0 bridgehead atoms. The van der Waals surface area contributed by atoms with E-state index in [9.17, 15) is 9.59 Å². The van der Waals surface area contributed by atoms with Gasteiger partial charge in [-0.2, -0.15) is 0 Å². The van der Waals surface area contributed by atoms with Crippen LogP contribution in [0.3, 0.4) is 0 Å². The van der Waals surface area contributed by atoms with Gasteiger partial charge in [0, 0.05) is 35.6 Å². The second kappa shape index (κ2) is 8.18. The Balaban J connectivity index is 2.10. The van der Waals surface area contributed by atoms with Crippen LogP contribution in [0.2, 0.25) is 10.0 Å². The first kappa shape index (κ1) is 21.0. The fourth-order valence-electron chi connectivity index (χ4n) is 3.37. The van der Waals surface area contributed by atoms with E-state index in [1.54, 1.807) is 24.1 Å². The van der Waals surface area contributed by atoms with E-state index in [0.717, 1.165) is 24.9 Å². The summed E-state index contributed by atoms with van der Waals surface area (Å²) in [7, 11) is 1.79. The molecule has 0 radical (unpaired) electrons. The standard InChI is InChI=1S/C20H28Cl2N2O2/c1-13(16-9-8-15(21)11-17(16)22)23(5)18(25)14-7-6-10-24(12-14)19(26)20(2,3)4/h8-9,11,13-14H,6-7,10,12H2,1-5H3. The third-order valence-corrected chi connectivity index (χ3v) is 5.60. The molecule has 2 rings (SSSR count). The van der Waals surface area contributed by atoms with Gasteiger partial charge in [0.25, 0.3) is 0 Å². The van der Waals surface area contributed by atoms with Gasteiger partial charge in [-0.05, 0) is 37.5 Å². The molecule has 1 aliphatic rings. The number of likely N-dealkylation sites (tertiary alicyclic amines) is 1. The van der Waals surface area contributed by atoms with Crippen molar-refractivity contribution >= 4 is 35.0 Å². The summed E-state index contributed by atoms with van der Waals surface area (Å²) in [5.41, 5.74) is 0.436. The summed E-state index contributed by atoms with van der Waals surface area (Å²) in [6.07, 6.45) is 1.65. The van der Waals surface area contributed by atoms with Crippen LogP contribution in [-0.2, 0) is 9.59 Å². The molecule has 1 aliphatic heterocycles. The van der Waals surface area contributed by atoms with Gasteiger partial charge in [-0.3, -0.25) is 9.59 Å². The van der Waals surface area contributed by atoms with Crippen LogP contribution in [0.25, 0.3) is 0 Å². The number of piperidine rings is 1. The summed E-state index contributed by atoms with van der Waals surface area (Å²) in [5, 5.41) is 1.13. The monoisotopic (exact) mass is 398 g/mol. The van der Waals surface area contributed by atoms with Crippen LogP contribution in [-0.4, -0.2) is 41.8 Å². The van der Waals surface area contributed by atoms with Crippen molar-refractivity contribution in [3.8, 4) is 0 Å². The molecule has 1 aromatic carbocycles. The molecule has 0 saturated carbocycles. The molecule has 1 fully saturated rings. The Morgan fingerprint density at radius 3 is 2.50 bits per heavy atom. The van der Waals surface area contributed by atoms with Crippen molar-refractivity contribution in [1.82, 2.24) is 9.80 Å². The maximum absolute atomic E-state index is 13.0. The lowest BCUT2D eigenvalue weighted by atomic mass is 9.90. The lowest BCUT2D eigenvalue weighted by molar-refractivity contribution is -0.145. The molecular weight excluding hydrogens is 371 g/mol. The quantitative estimate of drug-likeness (QED) is 0.733. The zero-order chi connectivity index (χ0) is 19.6. The van der Waals surface area contributed by atoms with E-state index in [1.807, 2.05) is 38.7 Å². The molecule has 144 valence electrons. The molecule has 4 nitrogen and oxygen atoms in total. The number of hydrogen-bond acceptors (Lipinski definition) is 2. The lowest BCUT2D eigenvalue weighted by Crippen LogP contribution is -2.49. The average molecular weight is 399 g/mol. The lowest BCUT2D eigenvalue weighted by Gasteiger charge is -2.38. The highest BCUT2D eigenvalue weighted by Crippen LogP contribution is 2.31. The first-order valence-corrected chi connectivity index (χ1v) is 9.79. The molecule has 1 aromatic rings. The topological polar surface area (TPSA) is 40.6 Å². The molecule has 0 aliphatic carbocycles. The SMILES string of the molecule is CC(c1ccc(Cl)cc1Cl)N(C)C(=O)C1CCCN(C(=O)C(C)(C)C)C1. The van der Waals surface area contributed by atoms with E-state index in [1.165, 1.54) is 0 Å². The second-order valence-electron chi connectivity index (χ2n) is 8.13. The second-order valence-corrected chi connectivity index (χ2v) is 8.97. The molecule has 2 amide bonds. The molecule has 2 atom stereocenters. The van der Waals surface area contributed by atoms with Crippen LogP contribution < -0.4 is 0 Å². The largest absolute Gasteiger partial charge is 0.341 e. The fraction of sp³-hybridized carbons (Fsp3) is 0.600. The van der Waals surface area contributed by atoms with Gasteiger partial charge in [0.1, 0.15) is 0 Å². The third-order valence-electron chi connectivity index (χ3n) is 5.04. The van der Waals surface area contributed by atoms with E-state index < -0.39 is 5.41 Å². The maximum atomic E-state index is 13.0. The van der Waals surface area contributed by atoms with Gasteiger partial charge in [-0.25, -0.2) is 0 Å². The van der Waals surface area contributed by atoms with Crippen LogP contribution in [0.15, 0.2) is 18.2 Å². The highest BCUT2D eigenvalue weighted by atomic mass is 35.5. The van der Waals surface area contributed by atoms with Gasteiger partial charge in [-0.1, -0.05) is 50.0 Å². The van der Waals surface area contributed by atoms with Gasteiger partial charge >= 0.3 is 0 Å². The van der Waals surface area contributed by atoms with Crippen molar-refractivity contribution in [3.63, 3.8) is 0 Å². The summed E-state index contributed by atoms with van der Waals surface area (Å²) >= 11 is 12.3. The number of rotatable bonds is 3. The molecule has 1 heterocycles. The Morgan fingerprint density at radius 2 is 1.92 bits per heavy atom. The predicted octanol–water partition coefficient (Wildman–Crippen LogP) is 4.80. The minimum atomic E-state index is -0.430. The normalized spacial score (nSPS) is 19.2. The minimum absolute atomic E-state index is 0.0509. The summed E-state index contributed by atoms with van der Waals surface area (Å²) in [6.45, 7) is 8.91. The molecule has 26 heavy (non-hydrogen) atoms. The number of carbonyl (C=O) groups excluding carboxylic acids is 2. The van der Waals surface area contributed by atoms with Crippen LogP contribution in [0.4, 0.5) is 0 Å². The molecule has 0 N–H and O–H groups in total. The van der Waals surface area contributed by atoms with E-state index in [4.69, 9.17) is 23.2 Å². The smallest absolute Gasteiger partial charge is 0.227 e. The number of nitrogens with zero attached hydrogens (tertiary/aromatic N) is 2. The van der Waals surface area contributed by atoms with Crippen LogP contribution in [0.1, 0.15) is 52.1 Å². The number of benzene rings is 1. The summed E-state index contributed by atoms with van der Waals surface area (Å²) in [5.74, 6) is -0.0186. The molecule has 2 unspecified atom stereocenters.